The molecule has 5 nitrogen and oxygen atoms in total. The van der Waals surface area contributed by atoms with Crippen molar-refractivity contribution in [2.45, 2.75) is 45.1 Å². The lowest BCUT2D eigenvalue weighted by molar-refractivity contribution is -0.223. The fourth-order valence-corrected chi connectivity index (χ4v) is 0.928. The number of hydrogen-bond donors (Lipinski definition) is 2. The lowest BCUT2D eigenvalue weighted by atomic mass is 10.2. The Hall–Kier alpha value is -1.02. The van der Waals surface area contributed by atoms with E-state index in [2.05, 4.69) is 16.1 Å². The Bertz CT molecular complexity index is 251. The monoisotopic (exact) mass is 258 g/mol. The van der Waals surface area contributed by atoms with Gasteiger partial charge in [-0.2, -0.15) is 13.2 Å². The zero-order valence-electron chi connectivity index (χ0n) is 9.93. The van der Waals surface area contributed by atoms with Crippen molar-refractivity contribution in [2.24, 2.45) is 5.90 Å². The summed E-state index contributed by atoms with van der Waals surface area (Å²) in [4.78, 5) is 14.9. The van der Waals surface area contributed by atoms with E-state index < -0.39 is 30.4 Å². The molecule has 0 saturated heterocycles. The average molecular weight is 258 g/mol. The van der Waals surface area contributed by atoms with Crippen LogP contribution < -0.4 is 11.2 Å². The van der Waals surface area contributed by atoms with E-state index in [1.807, 2.05) is 0 Å². The number of alkyl halides is 3. The van der Waals surface area contributed by atoms with Gasteiger partial charge in [0.25, 0.3) is 0 Å². The van der Waals surface area contributed by atoms with Gasteiger partial charge >= 0.3 is 12.3 Å². The zero-order valence-corrected chi connectivity index (χ0v) is 9.93. The molecule has 0 rings (SSSR count). The third-order valence-electron chi connectivity index (χ3n) is 1.60. The molecule has 1 atom stereocenters. The Morgan fingerprint density at radius 1 is 1.35 bits per heavy atom. The van der Waals surface area contributed by atoms with Crippen LogP contribution in [0.2, 0.25) is 0 Å². The summed E-state index contributed by atoms with van der Waals surface area (Å²) in [6.45, 7) is 4.70. The first-order chi connectivity index (χ1) is 7.56. The molecule has 0 aromatic rings. The third-order valence-corrected chi connectivity index (χ3v) is 1.60. The maximum absolute atomic E-state index is 12.2. The smallest absolute Gasteiger partial charge is 0.416 e. The van der Waals surface area contributed by atoms with Gasteiger partial charge in [0, 0.05) is 13.0 Å². The Kier molecular flexibility index (Phi) is 5.70. The number of nitrogens with one attached hydrogen (secondary N) is 1. The number of ether oxygens (including phenoxy) is 1. The molecule has 0 spiro atoms. The van der Waals surface area contributed by atoms with Crippen LogP contribution in [0.3, 0.4) is 0 Å². The van der Waals surface area contributed by atoms with Crippen LogP contribution in [0, 0.1) is 0 Å². The van der Waals surface area contributed by atoms with E-state index in [0.717, 1.165) is 0 Å². The largest absolute Gasteiger partial charge is 0.444 e. The number of halogens is 3. The second-order valence-corrected chi connectivity index (χ2v) is 4.38. The predicted octanol–water partition coefficient (Wildman–Crippen LogP) is 1.72. The number of amides is 1. The van der Waals surface area contributed by atoms with Crippen LogP contribution in [0.15, 0.2) is 0 Å². The van der Waals surface area contributed by atoms with Gasteiger partial charge in [0.1, 0.15) is 5.60 Å². The van der Waals surface area contributed by atoms with Crippen molar-refractivity contribution in [3.63, 3.8) is 0 Å². The van der Waals surface area contributed by atoms with Gasteiger partial charge in [-0.05, 0) is 20.8 Å². The van der Waals surface area contributed by atoms with E-state index in [1.54, 1.807) is 20.8 Å². The van der Waals surface area contributed by atoms with E-state index in [-0.39, 0.29) is 6.54 Å². The number of alkyl carbamates (subject to hydrolysis) is 1. The molecule has 0 aromatic heterocycles. The van der Waals surface area contributed by atoms with Crippen LogP contribution in [-0.2, 0) is 9.57 Å². The molecule has 17 heavy (non-hydrogen) atoms. The lowest BCUT2D eigenvalue weighted by Gasteiger charge is -2.21. The van der Waals surface area contributed by atoms with Crippen LogP contribution in [0.5, 0.6) is 0 Å². The van der Waals surface area contributed by atoms with Crippen LogP contribution in [-0.4, -0.2) is 30.5 Å². The molecule has 1 unspecified atom stereocenters. The van der Waals surface area contributed by atoms with Crippen LogP contribution in [0.1, 0.15) is 27.2 Å². The van der Waals surface area contributed by atoms with E-state index in [1.165, 1.54) is 0 Å². The van der Waals surface area contributed by atoms with E-state index >= 15 is 0 Å². The highest BCUT2D eigenvalue weighted by Crippen LogP contribution is 2.23. The molecule has 0 aliphatic rings. The summed E-state index contributed by atoms with van der Waals surface area (Å²) in [7, 11) is 0. The van der Waals surface area contributed by atoms with Gasteiger partial charge in [-0.3, -0.25) is 4.84 Å². The zero-order chi connectivity index (χ0) is 13.7. The molecule has 0 aliphatic carbocycles. The van der Waals surface area contributed by atoms with Gasteiger partial charge in [-0.15, -0.1) is 0 Å². The Morgan fingerprint density at radius 2 is 1.88 bits per heavy atom. The number of carbonyl (C=O) groups is 1. The summed E-state index contributed by atoms with van der Waals surface area (Å²) in [6, 6.07) is 0. The van der Waals surface area contributed by atoms with Crippen LogP contribution in [0.4, 0.5) is 18.0 Å². The molecule has 102 valence electrons. The van der Waals surface area contributed by atoms with Crippen LogP contribution >= 0.6 is 0 Å². The van der Waals surface area contributed by atoms with Crippen molar-refractivity contribution in [1.29, 1.82) is 0 Å². The molecular formula is C9H17F3N2O3. The first-order valence-corrected chi connectivity index (χ1v) is 4.95. The van der Waals surface area contributed by atoms with Gasteiger partial charge in [0.2, 0.25) is 0 Å². The highest BCUT2D eigenvalue weighted by molar-refractivity contribution is 5.67. The Morgan fingerprint density at radius 3 is 2.24 bits per heavy atom. The molecule has 0 aliphatic heterocycles. The van der Waals surface area contributed by atoms with Gasteiger partial charge in [0.05, 0.1) is 0 Å². The maximum atomic E-state index is 12.2. The predicted molar refractivity (Wildman–Crippen MR) is 54.0 cm³/mol. The van der Waals surface area contributed by atoms with Gasteiger partial charge in [-0.25, -0.2) is 10.7 Å². The van der Waals surface area contributed by atoms with Crippen molar-refractivity contribution in [3.05, 3.63) is 0 Å². The molecular weight excluding hydrogens is 241 g/mol. The SMILES string of the molecule is CC(C)(C)OC(=O)NCCC(ON)C(F)(F)F. The standard InChI is InChI=1S/C9H17F3N2O3/c1-8(2,3)16-7(15)14-5-4-6(17-13)9(10,11)12/h6H,4-5,13H2,1-3H3,(H,14,15). The van der Waals surface area contributed by atoms with Gasteiger partial charge in [-0.1, -0.05) is 0 Å². The summed E-state index contributed by atoms with van der Waals surface area (Å²) < 4.78 is 41.3. The molecule has 0 aromatic carbocycles. The molecule has 0 fully saturated rings. The van der Waals surface area contributed by atoms with E-state index in [0.29, 0.717) is 0 Å². The lowest BCUT2D eigenvalue weighted by Crippen LogP contribution is -2.39. The quantitative estimate of drug-likeness (QED) is 0.753. The second-order valence-electron chi connectivity index (χ2n) is 4.38. The Balaban J connectivity index is 3.95. The summed E-state index contributed by atoms with van der Waals surface area (Å²) in [5.41, 5.74) is -0.697. The highest BCUT2D eigenvalue weighted by Gasteiger charge is 2.40. The van der Waals surface area contributed by atoms with Crippen molar-refractivity contribution < 1.29 is 27.5 Å². The highest BCUT2D eigenvalue weighted by atomic mass is 19.4. The number of hydrogen-bond acceptors (Lipinski definition) is 4. The molecule has 0 radical (unpaired) electrons. The average Bonchev–Trinajstić information content (AvgIpc) is 2.07. The van der Waals surface area contributed by atoms with Gasteiger partial charge in [0.15, 0.2) is 6.10 Å². The van der Waals surface area contributed by atoms with Crippen molar-refractivity contribution in [2.75, 3.05) is 6.54 Å². The fraction of sp³-hybridized carbons (Fsp3) is 0.889. The molecule has 0 heterocycles. The van der Waals surface area contributed by atoms with Crippen molar-refractivity contribution in [3.8, 4) is 0 Å². The summed E-state index contributed by atoms with van der Waals surface area (Å²) in [5, 5.41) is 2.18. The third kappa shape index (κ3) is 7.81. The molecule has 0 bridgehead atoms. The van der Waals surface area contributed by atoms with E-state index in [9.17, 15) is 18.0 Å². The first kappa shape index (κ1) is 16.0. The summed E-state index contributed by atoms with van der Waals surface area (Å²) in [6.07, 6.45) is -7.91. The second kappa shape index (κ2) is 6.06. The minimum atomic E-state index is -4.55. The molecule has 1 amide bonds. The number of carbonyl (C=O) groups excluding carboxylic acids is 1. The summed E-state index contributed by atoms with van der Waals surface area (Å²) >= 11 is 0. The van der Waals surface area contributed by atoms with Crippen LogP contribution in [0.25, 0.3) is 0 Å². The molecule has 0 saturated carbocycles. The normalized spacial score (nSPS) is 14.3. The maximum Gasteiger partial charge on any atom is 0.416 e. The first-order valence-electron chi connectivity index (χ1n) is 4.95. The van der Waals surface area contributed by atoms with Crippen molar-refractivity contribution in [1.82, 2.24) is 5.32 Å². The minimum Gasteiger partial charge on any atom is -0.444 e. The molecule has 8 heteroatoms. The number of nitrogens with two attached hydrogens (primary N) is 1. The topological polar surface area (TPSA) is 73.6 Å². The summed E-state index contributed by atoms with van der Waals surface area (Å²) in [5.74, 6) is 4.51. The van der Waals surface area contributed by atoms with E-state index in [4.69, 9.17) is 4.74 Å². The minimum absolute atomic E-state index is 0.240. The molecule has 3 N–H and O–H groups in total. The number of rotatable bonds is 4. The van der Waals surface area contributed by atoms with Gasteiger partial charge < -0.3 is 10.1 Å². The fourth-order valence-electron chi connectivity index (χ4n) is 0.928. The van der Waals surface area contributed by atoms with Crippen molar-refractivity contribution >= 4 is 6.09 Å². The Labute approximate surface area is 97.4 Å².